The quantitative estimate of drug-likeness (QED) is 0.552. The van der Waals surface area contributed by atoms with Gasteiger partial charge in [-0.1, -0.05) is 60.7 Å². The maximum atomic E-state index is 12.8. The molecule has 172 valence electrons. The number of amides is 1. The third-order valence-corrected chi connectivity index (χ3v) is 7.76. The lowest BCUT2D eigenvalue weighted by atomic mass is 9.88. The Morgan fingerprint density at radius 3 is 1.94 bits per heavy atom. The summed E-state index contributed by atoms with van der Waals surface area (Å²) in [5, 5.41) is 2.98. The lowest BCUT2D eigenvalue weighted by Gasteiger charge is -2.26. The molecule has 1 amide bonds. The molecule has 3 aromatic rings. The number of sulfonamides is 1. The Morgan fingerprint density at radius 1 is 0.848 bits per heavy atom. The van der Waals surface area contributed by atoms with Gasteiger partial charge in [0.15, 0.2) is 0 Å². The second-order valence-corrected chi connectivity index (χ2v) is 9.90. The van der Waals surface area contributed by atoms with Crippen LogP contribution in [0.5, 0.6) is 0 Å². The first-order valence-electron chi connectivity index (χ1n) is 11.1. The predicted molar refractivity (Wildman–Crippen MR) is 128 cm³/mol. The topological polar surface area (TPSA) is 75.7 Å². The van der Waals surface area contributed by atoms with E-state index in [1.165, 1.54) is 27.6 Å². The molecule has 0 bridgehead atoms. The second-order valence-electron chi connectivity index (χ2n) is 7.96. The van der Waals surface area contributed by atoms with Crippen LogP contribution in [0, 0.1) is 0 Å². The monoisotopic (exact) mass is 464 g/mol. The highest BCUT2D eigenvalue weighted by Crippen LogP contribution is 2.27. The summed E-state index contributed by atoms with van der Waals surface area (Å²) in [7, 11) is -3.57. The van der Waals surface area contributed by atoms with Gasteiger partial charge in [-0.3, -0.25) is 4.79 Å². The summed E-state index contributed by atoms with van der Waals surface area (Å²) < 4.78 is 32.2. The van der Waals surface area contributed by atoms with E-state index in [4.69, 9.17) is 4.74 Å². The SMILES string of the molecule is O=C(NCCC(c1ccccc1)c1ccccc1)c1ccc(S(=O)(=O)N2CCOCC2)cc1. The molecule has 0 spiro atoms. The fraction of sp³-hybridized carbons (Fsp3) is 0.269. The second kappa shape index (κ2) is 10.7. The zero-order chi connectivity index (χ0) is 23.1. The molecule has 3 aromatic carbocycles. The minimum atomic E-state index is -3.57. The number of hydrogen-bond donors (Lipinski definition) is 1. The van der Waals surface area contributed by atoms with Crippen molar-refractivity contribution in [2.24, 2.45) is 0 Å². The van der Waals surface area contributed by atoms with Gasteiger partial charge in [0.05, 0.1) is 18.1 Å². The van der Waals surface area contributed by atoms with Crippen LogP contribution in [-0.4, -0.2) is 51.5 Å². The number of carbonyl (C=O) groups is 1. The molecule has 0 aromatic heterocycles. The number of morpholine rings is 1. The Morgan fingerprint density at radius 2 is 1.39 bits per heavy atom. The molecule has 1 N–H and O–H groups in total. The standard InChI is InChI=1S/C26H28N2O4S/c29-26(23-11-13-24(14-12-23)33(30,31)28-17-19-32-20-18-28)27-16-15-25(21-7-3-1-4-8-21)22-9-5-2-6-10-22/h1-14,25H,15-20H2,(H,27,29). The van der Waals surface area contributed by atoms with Crippen LogP contribution in [-0.2, 0) is 14.8 Å². The average molecular weight is 465 g/mol. The van der Waals surface area contributed by atoms with Crippen molar-refractivity contribution in [1.82, 2.24) is 9.62 Å². The molecule has 1 aliphatic rings. The first-order valence-corrected chi connectivity index (χ1v) is 12.6. The number of hydrogen-bond acceptors (Lipinski definition) is 4. The van der Waals surface area contributed by atoms with Crippen molar-refractivity contribution in [2.45, 2.75) is 17.2 Å². The number of nitrogens with zero attached hydrogens (tertiary/aromatic N) is 1. The highest BCUT2D eigenvalue weighted by Gasteiger charge is 2.26. The maximum absolute atomic E-state index is 12.8. The number of rotatable bonds is 8. The number of carbonyl (C=O) groups excluding carboxylic acids is 1. The van der Waals surface area contributed by atoms with E-state index in [9.17, 15) is 13.2 Å². The van der Waals surface area contributed by atoms with Crippen molar-refractivity contribution in [3.63, 3.8) is 0 Å². The zero-order valence-corrected chi connectivity index (χ0v) is 19.2. The lowest BCUT2D eigenvalue weighted by Crippen LogP contribution is -2.40. The van der Waals surface area contributed by atoms with Gasteiger partial charge in [-0.15, -0.1) is 0 Å². The molecule has 7 heteroatoms. The molecule has 0 saturated carbocycles. The van der Waals surface area contributed by atoms with Crippen LogP contribution in [0.4, 0.5) is 0 Å². The van der Waals surface area contributed by atoms with Crippen molar-refractivity contribution in [3.8, 4) is 0 Å². The molecule has 1 aliphatic heterocycles. The third kappa shape index (κ3) is 5.68. The van der Waals surface area contributed by atoms with Crippen LogP contribution in [0.3, 0.4) is 0 Å². The summed E-state index contributed by atoms with van der Waals surface area (Å²) >= 11 is 0. The summed E-state index contributed by atoms with van der Waals surface area (Å²) in [6.07, 6.45) is 0.753. The summed E-state index contributed by atoms with van der Waals surface area (Å²) in [5.74, 6) is -0.0427. The number of nitrogens with one attached hydrogen (secondary N) is 1. The van der Waals surface area contributed by atoms with Crippen LogP contribution >= 0.6 is 0 Å². The van der Waals surface area contributed by atoms with E-state index in [0.29, 0.717) is 38.4 Å². The van der Waals surface area contributed by atoms with Crippen molar-refractivity contribution in [3.05, 3.63) is 102 Å². The van der Waals surface area contributed by atoms with E-state index in [-0.39, 0.29) is 16.7 Å². The predicted octanol–water partition coefficient (Wildman–Crippen LogP) is 3.66. The van der Waals surface area contributed by atoms with Gasteiger partial charge in [-0.2, -0.15) is 4.31 Å². The van der Waals surface area contributed by atoms with E-state index in [2.05, 4.69) is 29.6 Å². The van der Waals surface area contributed by atoms with Crippen LogP contribution in [0.2, 0.25) is 0 Å². The fourth-order valence-corrected chi connectivity index (χ4v) is 5.45. The lowest BCUT2D eigenvalue weighted by molar-refractivity contribution is 0.0730. The van der Waals surface area contributed by atoms with Crippen LogP contribution in [0.25, 0.3) is 0 Å². The summed E-state index contributed by atoms with van der Waals surface area (Å²) in [6.45, 7) is 1.98. The summed E-state index contributed by atoms with van der Waals surface area (Å²) in [6, 6.07) is 26.6. The van der Waals surface area contributed by atoms with Crippen molar-refractivity contribution in [2.75, 3.05) is 32.8 Å². The number of benzene rings is 3. The molecule has 1 fully saturated rings. The first-order chi connectivity index (χ1) is 16.1. The molecule has 1 saturated heterocycles. The van der Waals surface area contributed by atoms with Crippen molar-refractivity contribution >= 4 is 15.9 Å². The molecule has 6 nitrogen and oxygen atoms in total. The zero-order valence-electron chi connectivity index (χ0n) is 18.4. The molecule has 0 aliphatic carbocycles. The van der Waals surface area contributed by atoms with E-state index in [1.807, 2.05) is 36.4 Å². The highest BCUT2D eigenvalue weighted by atomic mass is 32.2. The molecule has 1 heterocycles. The Hall–Kier alpha value is -3.00. The van der Waals surface area contributed by atoms with Gasteiger partial charge >= 0.3 is 0 Å². The molecule has 0 atom stereocenters. The molecule has 33 heavy (non-hydrogen) atoms. The van der Waals surface area contributed by atoms with Crippen LogP contribution in [0.1, 0.15) is 33.8 Å². The first kappa shape index (κ1) is 23.2. The normalized spacial score (nSPS) is 14.8. The number of ether oxygens (including phenoxy) is 1. The van der Waals surface area contributed by atoms with Gasteiger partial charge in [-0.05, 0) is 41.8 Å². The summed E-state index contributed by atoms with van der Waals surface area (Å²) in [4.78, 5) is 12.9. The Labute approximate surface area is 195 Å². The molecule has 4 rings (SSSR count). The molecular formula is C26H28N2O4S. The van der Waals surface area contributed by atoms with Gasteiger partial charge < -0.3 is 10.1 Å². The van der Waals surface area contributed by atoms with Crippen molar-refractivity contribution < 1.29 is 17.9 Å². The van der Waals surface area contributed by atoms with Gasteiger partial charge in [0.2, 0.25) is 10.0 Å². The minimum Gasteiger partial charge on any atom is -0.379 e. The van der Waals surface area contributed by atoms with Gasteiger partial charge in [0, 0.05) is 31.1 Å². The largest absolute Gasteiger partial charge is 0.379 e. The van der Waals surface area contributed by atoms with E-state index in [0.717, 1.165) is 6.42 Å². The Kier molecular flexibility index (Phi) is 7.54. The molecule has 0 radical (unpaired) electrons. The van der Waals surface area contributed by atoms with Crippen LogP contribution < -0.4 is 5.32 Å². The Balaban J connectivity index is 1.39. The third-order valence-electron chi connectivity index (χ3n) is 5.85. The Bertz CT molecular complexity index is 1100. The smallest absolute Gasteiger partial charge is 0.251 e. The van der Waals surface area contributed by atoms with Crippen LogP contribution in [0.15, 0.2) is 89.8 Å². The van der Waals surface area contributed by atoms with Crippen molar-refractivity contribution in [1.29, 1.82) is 0 Å². The maximum Gasteiger partial charge on any atom is 0.251 e. The van der Waals surface area contributed by atoms with Gasteiger partial charge in [-0.25, -0.2) is 8.42 Å². The van der Waals surface area contributed by atoms with E-state index >= 15 is 0 Å². The highest BCUT2D eigenvalue weighted by molar-refractivity contribution is 7.89. The van der Waals surface area contributed by atoms with Gasteiger partial charge in [0.1, 0.15) is 0 Å². The molecule has 0 unspecified atom stereocenters. The fourth-order valence-electron chi connectivity index (χ4n) is 4.04. The van der Waals surface area contributed by atoms with E-state index in [1.54, 1.807) is 12.1 Å². The molecular weight excluding hydrogens is 436 g/mol. The van der Waals surface area contributed by atoms with Gasteiger partial charge in [0.25, 0.3) is 5.91 Å². The summed E-state index contributed by atoms with van der Waals surface area (Å²) in [5.41, 5.74) is 2.85. The average Bonchev–Trinajstić information content (AvgIpc) is 2.88. The minimum absolute atomic E-state index is 0.175. The van der Waals surface area contributed by atoms with E-state index < -0.39 is 10.0 Å².